The Morgan fingerprint density at radius 1 is 1.22 bits per heavy atom. The maximum atomic E-state index is 11.6. The highest BCUT2D eigenvalue weighted by Crippen LogP contribution is 2.14. The van der Waals surface area contributed by atoms with Gasteiger partial charge in [0.1, 0.15) is 0 Å². The van der Waals surface area contributed by atoms with Crippen molar-refractivity contribution in [3.8, 4) is 0 Å². The molecule has 1 aliphatic heterocycles. The average molecular weight is 340 g/mol. The number of likely N-dealkylation sites (N-methyl/N-ethyl adjacent to an activating group) is 1. The van der Waals surface area contributed by atoms with Crippen LogP contribution >= 0.6 is 0 Å². The highest BCUT2D eigenvalue weighted by Gasteiger charge is 2.25. The van der Waals surface area contributed by atoms with E-state index in [2.05, 4.69) is 48.6 Å². The molecule has 0 bridgehead atoms. The van der Waals surface area contributed by atoms with Gasteiger partial charge in [0, 0.05) is 31.7 Å². The highest BCUT2D eigenvalue weighted by atomic mass is 32.2. The van der Waals surface area contributed by atoms with Gasteiger partial charge in [0.2, 0.25) is 10.0 Å². The number of nitrogens with one attached hydrogen (secondary N) is 1. The van der Waals surface area contributed by atoms with Gasteiger partial charge in [-0.05, 0) is 38.9 Å². The molecular weight excluding hydrogens is 310 g/mol. The first-order chi connectivity index (χ1) is 10.9. The van der Waals surface area contributed by atoms with Crippen LogP contribution in [0.15, 0.2) is 30.3 Å². The van der Waals surface area contributed by atoms with E-state index in [-0.39, 0.29) is 0 Å². The predicted molar refractivity (Wildman–Crippen MR) is 95.1 cm³/mol. The van der Waals surface area contributed by atoms with Crippen LogP contribution in [0.5, 0.6) is 0 Å². The van der Waals surface area contributed by atoms with Crippen molar-refractivity contribution in [1.29, 1.82) is 0 Å². The van der Waals surface area contributed by atoms with Crippen LogP contribution in [0.3, 0.4) is 0 Å². The third-order valence-electron chi connectivity index (χ3n) is 4.61. The Bertz CT molecular complexity index is 567. The summed E-state index contributed by atoms with van der Waals surface area (Å²) >= 11 is 0. The molecule has 0 aliphatic carbocycles. The summed E-state index contributed by atoms with van der Waals surface area (Å²) < 4.78 is 24.7. The molecule has 1 aromatic rings. The molecular formula is C17H29N3O2S. The molecule has 2 rings (SSSR count). The molecule has 1 heterocycles. The minimum atomic E-state index is -3.04. The fourth-order valence-corrected chi connectivity index (χ4v) is 3.89. The molecule has 1 saturated heterocycles. The average Bonchev–Trinajstić information content (AvgIpc) is 2.51. The van der Waals surface area contributed by atoms with Crippen LogP contribution in [0.1, 0.15) is 18.4 Å². The Kier molecular flexibility index (Phi) is 6.59. The SMILES string of the molecule is CN(C)C(CNC1CCN(S(C)(=O)=O)CC1)Cc1ccccc1. The number of nitrogens with zero attached hydrogens (tertiary/aromatic N) is 2. The molecule has 5 nitrogen and oxygen atoms in total. The van der Waals surface area contributed by atoms with Gasteiger partial charge < -0.3 is 10.2 Å². The summed E-state index contributed by atoms with van der Waals surface area (Å²) in [6, 6.07) is 11.4. The summed E-state index contributed by atoms with van der Waals surface area (Å²) in [6.45, 7) is 2.18. The number of hydrogen-bond acceptors (Lipinski definition) is 4. The number of sulfonamides is 1. The van der Waals surface area contributed by atoms with Gasteiger partial charge in [0.15, 0.2) is 0 Å². The smallest absolute Gasteiger partial charge is 0.211 e. The summed E-state index contributed by atoms with van der Waals surface area (Å²) in [5.74, 6) is 0. The largest absolute Gasteiger partial charge is 0.312 e. The lowest BCUT2D eigenvalue weighted by Gasteiger charge is -2.33. The fourth-order valence-electron chi connectivity index (χ4n) is 3.02. The second-order valence-electron chi connectivity index (χ2n) is 6.65. The second-order valence-corrected chi connectivity index (χ2v) is 8.63. The van der Waals surface area contributed by atoms with Crippen LogP contribution in [0, 0.1) is 0 Å². The van der Waals surface area contributed by atoms with E-state index < -0.39 is 10.0 Å². The molecule has 130 valence electrons. The molecule has 0 spiro atoms. The molecule has 23 heavy (non-hydrogen) atoms. The first kappa shape index (κ1) is 18.4. The Labute approximate surface area is 140 Å². The lowest BCUT2D eigenvalue weighted by atomic mass is 10.0. The molecule has 0 amide bonds. The van der Waals surface area contributed by atoms with Crippen LogP contribution in [0.25, 0.3) is 0 Å². The summed E-state index contributed by atoms with van der Waals surface area (Å²) in [5, 5.41) is 3.63. The summed E-state index contributed by atoms with van der Waals surface area (Å²) in [6.07, 6.45) is 4.09. The zero-order chi connectivity index (χ0) is 16.9. The topological polar surface area (TPSA) is 52.6 Å². The maximum Gasteiger partial charge on any atom is 0.211 e. The first-order valence-electron chi connectivity index (χ1n) is 8.25. The van der Waals surface area contributed by atoms with Crippen molar-refractivity contribution in [3.63, 3.8) is 0 Å². The Hall–Kier alpha value is -0.950. The minimum Gasteiger partial charge on any atom is -0.312 e. The van der Waals surface area contributed by atoms with Crippen LogP contribution in [-0.2, 0) is 16.4 Å². The molecule has 1 unspecified atom stereocenters. The molecule has 0 radical (unpaired) electrons. The Morgan fingerprint density at radius 2 is 1.83 bits per heavy atom. The van der Waals surface area contributed by atoms with Crippen molar-refractivity contribution < 1.29 is 8.42 Å². The van der Waals surface area contributed by atoms with Crippen molar-refractivity contribution in [2.75, 3.05) is 40.0 Å². The summed E-state index contributed by atoms with van der Waals surface area (Å²) in [4.78, 5) is 2.26. The highest BCUT2D eigenvalue weighted by molar-refractivity contribution is 7.88. The molecule has 1 N–H and O–H groups in total. The summed E-state index contributed by atoms with van der Waals surface area (Å²) in [5.41, 5.74) is 1.35. The first-order valence-corrected chi connectivity index (χ1v) is 10.1. The molecule has 1 aromatic carbocycles. The van der Waals surface area contributed by atoms with Crippen molar-refractivity contribution in [2.24, 2.45) is 0 Å². The number of rotatable bonds is 7. The Morgan fingerprint density at radius 3 is 2.35 bits per heavy atom. The van der Waals surface area contributed by atoms with Crippen molar-refractivity contribution in [3.05, 3.63) is 35.9 Å². The van der Waals surface area contributed by atoms with Gasteiger partial charge in [-0.2, -0.15) is 0 Å². The van der Waals surface area contributed by atoms with E-state index in [1.54, 1.807) is 4.31 Å². The molecule has 0 aromatic heterocycles. The number of piperidine rings is 1. The minimum absolute atomic E-state index is 0.409. The number of benzene rings is 1. The van der Waals surface area contributed by atoms with Gasteiger partial charge >= 0.3 is 0 Å². The van der Waals surface area contributed by atoms with Crippen LogP contribution in [0.2, 0.25) is 0 Å². The van der Waals surface area contributed by atoms with E-state index in [4.69, 9.17) is 0 Å². The van der Waals surface area contributed by atoms with E-state index in [0.29, 0.717) is 25.2 Å². The monoisotopic (exact) mass is 339 g/mol. The van der Waals surface area contributed by atoms with Gasteiger partial charge in [-0.25, -0.2) is 12.7 Å². The van der Waals surface area contributed by atoms with Crippen LogP contribution in [-0.4, -0.2) is 69.7 Å². The zero-order valence-electron chi connectivity index (χ0n) is 14.4. The van der Waals surface area contributed by atoms with E-state index in [1.165, 1.54) is 11.8 Å². The van der Waals surface area contributed by atoms with Gasteiger partial charge in [0.05, 0.1) is 6.26 Å². The van der Waals surface area contributed by atoms with Crippen molar-refractivity contribution in [1.82, 2.24) is 14.5 Å². The lowest BCUT2D eigenvalue weighted by molar-refractivity contribution is 0.244. The van der Waals surface area contributed by atoms with Gasteiger partial charge in [-0.3, -0.25) is 0 Å². The third-order valence-corrected chi connectivity index (χ3v) is 5.91. The van der Waals surface area contributed by atoms with Crippen molar-refractivity contribution in [2.45, 2.75) is 31.3 Å². The van der Waals surface area contributed by atoms with E-state index in [1.807, 2.05) is 6.07 Å². The molecule has 6 heteroatoms. The molecule has 1 aliphatic rings. The van der Waals surface area contributed by atoms with E-state index in [9.17, 15) is 8.42 Å². The molecule has 1 fully saturated rings. The molecule has 0 saturated carbocycles. The van der Waals surface area contributed by atoms with Gasteiger partial charge in [-0.15, -0.1) is 0 Å². The Balaban J connectivity index is 1.81. The summed E-state index contributed by atoms with van der Waals surface area (Å²) in [7, 11) is 1.19. The molecule has 1 atom stereocenters. The standard InChI is InChI=1S/C17H29N3O2S/c1-19(2)17(13-15-7-5-4-6-8-15)14-18-16-9-11-20(12-10-16)23(3,21)22/h4-8,16-18H,9-14H2,1-3H3. The van der Waals surface area contributed by atoms with E-state index in [0.717, 1.165) is 25.8 Å². The van der Waals surface area contributed by atoms with Crippen LogP contribution in [0.4, 0.5) is 0 Å². The predicted octanol–water partition coefficient (Wildman–Crippen LogP) is 1.17. The number of hydrogen-bond donors (Lipinski definition) is 1. The second kappa shape index (κ2) is 8.24. The van der Waals surface area contributed by atoms with E-state index >= 15 is 0 Å². The van der Waals surface area contributed by atoms with Crippen molar-refractivity contribution >= 4 is 10.0 Å². The quantitative estimate of drug-likeness (QED) is 0.810. The maximum absolute atomic E-state index is 11.6. The zero-order valence-corrected chi connectivity index (χ0v) is 15.2. The normalized spacial score (nSPS) is 19.1. The van der Waals surface area contributed by atoms with Gasteiger partial charge in [-0.1, -0.05) is 30.3 Å². The third kappa shape index (κ3) is 5.88. The van der Waals surface area contributed by atoms with Crippen LogP contribution < -0.4 is 5.32 Å². The van der Waals surface area contributed by atoms with Gasteiger partial charge in [0.25, 0.3) is 0 Å². The fraction of sp³-hybridized carbons (Fsp3) is 0.647. The lowest BCUT2D eigenvalue weighted by Crippen LogP contribution is -2.48.